The summed E-state index contributed by atoms with van der Waals surface area (Å²) < 4.78 is 0. The molecule has 0 amide bonds. The lowest BCUT2D eigenvalue weighted by Crippen LogP contribution is -2.38. The first-order chi connectivity index (χ1) is 29.6. The van der Waals surface area contributed by atoms with E-state index < -0.39 is 0 Å². The monoisotopic (exact) mass is 792 g/mol. The largest absolute Gasteiger partial charge is 0.311 e. The number of benzene rings is 8. The Hall–Kier alpha value is -6.38. The number of fused-ring (bicyclic) bond motifs is 4. The summed E-state index contributed by atoms with van der Waals surface area (Å²) in [6.45, 7) is 12.1. The molecule has 0 aromatic heterocycles. The smallest absolute Gasteiger partial charge is 0.0468 e. The van der Waals surface area contributed by atoms with Crippen LogP contribution in [0.1, 0.15) is 82.6 Å². The minimum atomic E-state index is -0.102. The van der Waals surface area contributed by atoms with Gasteiger partial charge < -0.3 is 9.80 Å². The second-order valence-electron chi connectivity index (χ2n) is 19.1. The van der Waals surface area contributed by atoms with Crippen LogP contribution in [0, 0.1) is 11.3 Å². The maximum atomic E-state index is 2.47. The van der Waals surface area contributed by atoms with Gasteiger partial charge in [0.1, 0.15) is 0 Å². The fourth-order valence-electron chi connectivity index (χ4n) is 10.8. The lowest BCUT2D eigenvalue weighted by Gasteiger charge is -2.46. The highest BCUT2D eigenvalue weighted by atomic mass is 15.1. The number of nitrogens with zero attached hydrogens (tertiary/aromatic N) is 2. The van der Waals surface area contributed by atoms with Gasteiger partial charge in [-0.1, -0.05) is 162 Å². The molecule has 1 saturated carbocycles. The molecule has 302 valence electrons. The average molecular weight is 793 g/mol. The van der Waals surface area contributed by atoms with Crippen molar-refractivity contribution in [2.24, 2.45) is 11.3 Å². The fourth-order valence-corrected chi connectivity index (χ4v) is 10.8. The van der Waals surface area contributed by atoms with E-state index in [2.05, 4.69) is 239 Å². The molecule has 0 spiro atoms. The molecule has 0 heterocycles. The van der Waals surface area contributed by atoms with Crippen LogP contribution in [0.15, 0.2) is 194 Å². The lowest BCUT2D eigenvalue weighted by molar-refractivity contribution is 0.137. The van der Waals surface area contributed by atoms with Crippen molar-refractivity contribution in [3.63, 3.8) is 0 Å². The number of hydrogen-bond donors (Lipinski definition) is 0. The number of anilines is 6. The Morgan fingerprint density at radius 2 is 0.918 bits per heavy atom. The summed E-state index contributed by atoms with van der Waals surface area (Å²) in [7, 11) is 0. The number of rotatable bonds is 8. The molecule has 1 fully saturated rings. The van der Waals surface area contributed by atoms with Crippen molar-refractivity contribution in [1.29, 1.82) is 0 Å². The van der Waals surface area contributed by atoms with Gasteiger partial charge in [0.05, 0.1) is 0 Å². The Balaban J connectivity index is 1.08. The third-order valence-corrected chi connectivity index (χ3v) is 14.2. The summed E-state index contributed by atoms with van der Waals surface area (Å²) in [5, 5.41) is 2.49. The van der Waals surface area contributed by atoms with Crippen molar-refractivity contribution in [2.45, 2.75) is 71.1 Å². The Bertz CT molecular complexity index is 2770. The second-order valence-corrected chi connectivity index (χ2v) is 19.1. The summed E-state index contributed by atoms with van der Waals surface area (Å²) >= 11 is 0. The third-order valence-electron chi connectivity index (χ3n) is 14.2. The zero-order valence-electron chi connectivity index (χ0n) is 36.3. The van der Waals surface area contributed by atoms with E-state index in [9.17, 15) is 0 Å². The van der Waals surface area contributed by atoms with Gasteiger partial charge in [0.2, 0.25) is 0 Å². The molecule has 2 atom stereocenters. The maximum absolute atomic E-state index is 2.47. The predicted octanol–water partition coefficient (Wildman–Crippen LogP) is 16.6. The zero-order chi connectivity index (χ0) is 41.8. The fraction of sp³-hybridized carbons (Fsp3) is 0.220. The highest BCUT2D eigenvalue weighted by Gasteiger charge is 2.43. The van der Waals surface area contributed by atoms with Crippen LogP contribution < -0.4 is 9.80 Å². The van der Waals surface area contributed by atoms with Crippen LogP contribution >= 0.6 is 0 Å². The first-order valence-electron chi connectivity index (χ1n) is 22.2. The van der Waals surface area contributed by atoms with Crippen molar-refractivity contribution in [1.82, 2.24) is 0 Å². The van der Waals surface area contributed by atoms with Crippen LogP contribution in [0.4, 0.5) is 34.1 Å². The Kier molecular flexibility index (Phi) is 9.71. The van der Waals surface area contributed by atoms with Crippen LogP contribution in [0.3, 0.4) is 0 Å². The number of hydrogen-bond acceptors (Lipinski definition) is 2. The topological polar surface area (TPSA) is 6.48 Å². The molecule has 2 nitrogen and oxygen atoms in total. The van der Waals surface area contributed by atoms with Crippen molar-refractivity contribution in [2.75, 3.05) is 9.80 Å². The third kappa shape index (κ3) is 6.93. The van der Waals surface area contributed by atoms with E-state index in [1.165, 1.54) is 74.1 Å². The van der Waals surface area contributed by atoms with Crippen LogP contribution in [0.5, 0.6) is 0 Å². The molecule has 0 saturated heterocycles. The van der Waals surface area contributed by atoms with E-state index in [4.69, 9.17) is 0 Å². The van der Waals surface area contributed by atoms with E-state index in [-0.39, 0.29) is 16.2 Å². The van der Waals surface area contributed by atoms with Crippen LogP contribution in [-0.4, -0.2) is 0 Å². The molecule has 2 aliphatic rings. The van der Waals surface area contributed by atoms with E-state index in [0.717, 1.165) is 29.9 Å². The SMILES string of the molecule is CC1(C)c2ccccc2-c2ccc(N(c3ccc(C4(c5ccc(N(c6ccccc6)c6ccccc6)cc5)CCCC(C(C)(C)C)C4)cc3)c3ccc4ccccc4c3)cc21. The van der Waals surface area contributed by atoms with Crippen LogP contribution in [0.2, 0.25) is 0 Å². The zero-order valence-corrected chi connectivity index (χ0v) is 36.3. The Labute approximate surface area is 363 Å². The quantitative estimate of drug-likeness (QED) is 0.151. The van der Waals surface area contributed by atoms with Crippen LogP contribution in [-0.2, 0) is 10.8 Å². The lowest BCUT2D eigenvalue weighted by atomic mass is 9.58. The molecule has 2 unspecified atom stereocenters. The first kappa shape index (κ1) is 38.8. The van der Waals surface area contributed by atoms with Gasteiger partial charge in [-0.05, 0) is 148 Å². The second kappa shape index (κ2) is 15.3. The van der Waals surface area contributed by atoms with Gasteiger partial charge in [0.25, 0.3) is 0 Å². The summed E-state index contributed by atoms with van der Waals surface area (Å²) in [6, 6.07) is 72.4. The summed E-state index contributed by atoms with van der Waals surface area (Å²) in [4.78, 5) is 4.84. The molecule has 8 aromatic carbocycles. The summed E-state index contributed by atoms with van der Waals surface area (Å²) in [5.41, 5.74) is 15.3. The Morgan fingerprint density at radius 1 is 0.443 bits per heavy atom. The molecule has 10 rings (SSSR count). The van der Waals surface area contributed by atoms with Crippen molar-refractivity contribution in [3.05, 3.63) is 216 Å². The highest BCUT2D eigenvalue weighted by molar-refractivity contribution is 5.91. The molecule has 0 aliphatic heterocycles. The molecule has 61 heavy (non-hydrogen) atoms. The highest BCUT2D eigenvalue weighted by Crippen LogP contribution is 2.54. The minimum Gasteiger partial charge on any atom is -0.311 e. The summed E-state index contributed by atoms with van der Waals surface area (Å²) in [6.07, 6.45) is 4.74. The first-order valence-corrected chi connectivity index (χ1v) is 22.2. The molecular formula is C59H56N2. The van der Waals surface area contributed by atoms with Gasteiger partial charge in [-0.25, -0.2) is 0 Å². The van der Waals surface area contributed by atoms with E-state index in [0.29, 0.717) is 5.92 Å². The van der Waals surface area contributed by atoms with Gasteiger partial charge in [0.15, 0.2) is 0 Å². The van der Waals surface area contributed by atoms with Crippen molar-refractivity contribution < 1.29 is 0 Å². The van der Waals surface area contributed by atoms with Gasteiger partial charge >= 0.3 is 0 Å². The van der Waals surface area contributed by atoms with Gasteiger partial charge in [-0.2, -0.15) is 0 Å². The standard InChI is InChI=1S/C59H56N2/c1-57(2,3)46-19-16-38-59(41-46,44-27-32-49(33-28-44)60(47-20-8-6-9-21-47)48-22-10-7-11-23-48)45-29-34-50(35-30-45)61(51-31-26-42-17-12-13-18-43(42)39-51)52-36-37-54-53-24-14-15-25-55(53)58(4,5)56(54)40-52/h6-15,17-18,20-37,39-40,46H,16,19,38,41H2,1-5H3. The normalized spacial score (nSPS) is 18.0. The minimum absolute atomic E-state index is 0.0907. The molecule has 0 N–H and O–H groups in total. The Morgan fingerprint density at radius 3 is 1.54 bits per heavy atom. The molecule has 0 radical (unpaired) electrons. The average Bonchev–Trinajstić information content (AvgIpc) is 3.52. The van der Waals surface area contributed by atoms with Crippen molar-refractivity contribution >= 4 is 44.9 Å². The molecule has 0 bridgehead atoms. The molecule has 2 aliphatic carbocycles. The molecule has 2 heteroatoms. The number of para-hydroxylation sites is 2. The summed E-state index contributed by atoms with van der Waals surface area (Å²) in [5.74, 6) is 0.610. The van der Waals surface area contributed by atoms with Gasteiger partial charge in [-0.3, -0.25) is 0 Å². The van der Waals surface area contributed by atoms with E-state index >= 15 is 0 Å². The van der Waals surface area contributed by atoms with Gasteiger partial charge in [-0.15, -0.1) is 0 Å². The van der Waals surface area contributed by atoms with Crippen LogP contribution in [0.25, 0.3) is 21.9 Å². The van der Waals surface area contributed by atoms with E-state index in [1.807, 2.05) is 0 Å². The molecule has 8 aromatic rings. The molecular weight excluding hydrogens is 737 g/mol. The predicted molar refractivity (Wildman–Crippen MR) is 260 cm³/mol. The van der Waals surface area contributed by atoms with E-state index in [1.54, 1.807) is 0 Å². The maximum Gasteiger partial charge on any atom is 0.0468 e. The van der Waals surface area contributed by atoms with Gasteiger partial charge in [0, 0.05) is 45.0 Å². The van der Waals surface area contributed by atoms with Crippen molar-refractivity contribution in [3.8, 4) is 11.1 Å².